The third-order valence-corrected chi connectivity index (χ3v) is 2.67. The van der Waals surface area contributed by atoms with Gasteiger partial charge in [0.25, 0.3) is 0 Å². The maximum absolute atomic E-state index is 5.90. The standard InChI is InChI=1S/C13H18N2O/c1-2-9-16-10-8-15-7-6-11-12(14)4-3-5-13(11)15/h3-7H,2,8-10,14H2,1H3. The molecule has 86 valence electrons. The topological polar surface area (TPSA) is 40.2 Å². The Bertz CT molecular complexity index is 462. The van der Waals surface area contributed by atoms with Crippen LogP contribution in [0.3, 0.4) is 0 Å². The monoisotopic (exact) mass is 218 g/mol. The highest BCUT2D eigenvalue weighted by molar-refractivity contribution is 5.91. The van der Waals surface area contributed by atoms with E-state index in [1.54, 1.807) is 0 Å². The summed E-state index contributed by atoms with van der Waals surface area (Å²) in [5.41, 5.74) is 7.92. The first-order chi connectivity index (χ1) is 7.83. The molecule has 0 atom stereocenters. The van der Waals surface area contributed by atoms with Crippen LogP contribution in [0.25, 0.3) is 10.9 Å². The lowest BCUT2D eigenvalue weighted by molar-refractivity contribution is 0.127. The van der Waals surface area contributed by atoms with E-state index in [9.17, 15) is 0 Å². The third kappa shape index (κ3) is 2.19. The molecule has 2 N–H and O–H groups in total. The Balaban J connectivity index is 2.10. The first-order valence-corrected chi connectivity index (χ1v) is 5.74. The first-order valence-electron chi connectivity index (χ1n) is 5.74. The number of rotatable bonds is 5. The molecule has 1 aromatic carbocycles. The molecular formula is C13H18N2O. The van der Waals surface area contributed by atoms with Crippen molar-refractivity contribution in [3.63, 3.8) is 0 Å². The van der Waals surface area contributed by atoms with Crippen molar-refractivity contribution in [1.29, 1.82) is 0 Å². The van der Waals surface area contributed by atoms with Crippen molar-refractivity contribution in [2.45, 2.75) is 19.9 Å². The molecule has 16 heavy (non-hydrogen) atoms. The number of nitrogen functional groups attached to an aromatic ring is 1. The second kappa shape index (κ2) is 5.03. The van der Waals surface area contributed by atoms with Gasteiger partial charge in [0.2, 0.25) is 0 Å². The van der Waals surface area contributed by atoms with E-state index >= 15 is 0 Å². The summed E-state index contributed by atoms with van der Waals surface area (Å²) in [5.74, 6) is 0. The third-order valence-electron chi connectivity index (χ3n) is 2.67. The van der Waals surface area contributed by atoms with E-state index in [1.165, 1.54) is 5.52 Å². The van der Waals surface area contributed by atoms with Crippen LogP contribution in [0.5, 0.6) is 0 Å². The van der Waals surface area contributed by atoms with Crippen molar-refractivity contribution in [2.24, 2.45) is 0 Å². The van der Waals surface area contributed by atoms with Gasteiger partial charge in [0.05, 0.1) is 12.1 Å². The van der Waals surface area contributed by atoms with Gasteiger partial charge in [0.15, 0.2) is 0 Å². The quantitative estimate of drug-likeness (QED) is 0.619. The summed E-state index contributed by atoms with van der Waals surface area (Å²) in [7, 11) is 0. The number of aromatic nitrogens is 1. The van der Waals surface area contributed by atoms with Crippen LogP contribution in [-0.4, -0.2) is 17.8 Å². The van der Waals surface area contributed by atoms with Gasteiger partial charge in [-0.05, 0) is 24.6 Å². The summed E-state index contributed by atoms with van der Waals surface area (Å²) in [4.78, 5) is 0. The fraction of sp³-hybridized carbons (Fsp3) is 0.385. The fourth-order valence-corrected chi connectivity index (χ4v) is 1.85. The Morgan fingerprint density at radius 3 is 2.94 bits per heavy atom. The smallest absolute Gasteiger partial charge is 0.0645 e. The van der Waals surface area contributed by atoms with Crippen molar-refractivity contribution in [2.75, 3.05) is 18.9 Å². The van der Waals surface area contributed by atoms with Crippen molar-refractivity contribution in [1.82, 2.24) is 4.57 Å². The molecular weight excluding hydrogens is 200 g/mol. The molecule has 0 aliphatic rings. The summed E-state index contributed by atoms with van der Waals surface area (Å²) in [6.07, 6.45) is 3.13. The lowest BCUT2D eigenvalue weighted by Crippen LogP contribution is -2.05. The number of anilines is 1. The largest absolute Gasteiger partial charge is 0.398 e. The second-order valence-corrected chi connectivity index (χ2v) is 3.90. The molecule has 0 unspecified atom stereocenters. The Morgan fingerprint density at radius 2 is 2.12 bits per heavy atom. The lowest BCUT2D eigenvalue weighted by atomic mass is 10.2. The number of nitrogens with two attached hydrogens (primary N) is 1. The van der Waals surface area contributed by atoms with Crippen LogP contribution in [0.15, 0.2) is 30.5 Å². The number of benzene rings is 1. The van der Waals surface area contributed by atoms with Gasteiger partial charge in [-0.3, -0.25) is 0 Å². The summed E-state index contributed by atoms with van der Waals surface area (Å²) in [6.45, 7) is 4.59. The van der Waals surface area contributed by atoms with Crippen LogP contribution in [0.2, 0.25) is 0 Å². The maximum Gasteiger partial charge on any atom is 0.0645 e. The van der Waals surface area contributed by atoms with Gasteiger partial charge in [-0.15, -0.1) is 0 Å². The highest BCUT2D eigenvalue weighted by Gasteiger charge is 2.02. The van der Waals surface area contributed by atoms with E-state index in [0.717, 1.165) is 37.3 Å². The van der Waals surface area contributed by atoms with Gasteiger partial charge < -0.3 is 15.0 Å². The molecule has 3 heteroatoms. The van der Waals surface area contributed by atoms with E-state index in [1.807, 2.05) is 12.1 Å². The molecule has 0 fully saturated rings. The van der Waals surface area contributed by atoms with Gasteiger partial charge >= 0.3 is 0 Å². The predicted molar refractivity (Wildman–Crippen MR) is 67.5 cm³/mol. The zero-order valence-electron chi connectivity index (χ0n) is 9.65. The van der Waals surface area contributed by atoms with Gasteiger partial charge in [0.1, 0.15) is 0 Å². The molecule has 1 heterocycles. The van der Waals surface area contributed by atoms with Crippen LogP contribution < -0.4 is 5.73 Å². The minimum Gasteiger partial charge on any atom is -0.398 e. The molecule has 0 aliphatic heterocycles. The zero-order valence-corrected chi connectivity index (χ0v) is 9.65. The molecule has 0 saturated heterocycles. The number of fused-ring (bicyclic) bond motifs is 1. The number of hydrogen-bond donors (Lipinski definition) is 1. The van der Waals surface area contributed by atoms with Crippen LogP contribution in [0.1, 0.15) is 13.3 Å². The number of nitrogens with zero attached hydrogens (tertiary/aromatic N) is 1. The first kappa shape index (κ1) is 11.0. The molecule has 0 bridgehead atoms. The molecule has 3 nitrogen and oxygen atoms in total. The average Bonchev–Trinajstić information content (AvgIpc) is 2.70. The van der Waals surface area contributed by atoms with E-state index in [-0.39, 0.29) is 0 Å². The Hall–Kier alpha value is -1.48. The number of hydrogen-bond acceptors (Lipinski definition) is 2. The molecule has 0 saturated carbocycles. The van der Waals surface area contributed by atoms with Crippen molar-refractivity contribution >= 4 is 16.6 Å². The Labute approximate surface area is 95.8 Å². The molecule has 0 aliphatic carbocycles. The highest BCUT2D eigenvalue weighted by Crippen LogP contribution is 2.21. The molecule has 2 rings (SSSR count). The van der Waals surface area contributed by atoms with Crippen molar-refractivity contribution in [3.05, 3.63) is 30.5 Å². The molecule has 1 aromatic heterocycles. The van der Waals surface area contributed by atoms with Gasteiger partial charge in [-0.25, -0.2) is 0 Å². The van der Waals surface area contributed by atoms with Crippen LogP contribution in [-0.2, 0) is 11.3 Å². The van der Waals surface area contributed by atoms with Crippen LogP contribution in [0, 0.1) is 0 Å². The molecule has 0 radical (unpaired) electrons. The Morgan fingerprint density at radius 1 is 1.25 bits per heavy atom. The van der Waals surface area contributed by atoms with Crippen molar-refractivity contribution < 1.29 is 4.74 Å². The molecule has 0 amide bonds. The molecule has 2 aromatic rings. The zero-order chi connectivity index (χ0) is 11.4. The van der Waals surface area contributed by atoms with E-state index in [2.05, 4.69) is 29.8 Å². The predicted octanol–water partition coefficient (Wildman–Crippen LogP) is 2.65. The molecule has 0 spiro atoms. The second-order valence-electron chi connectivity index (χ2n) is 3.90. The van der Waals surface area contributed by atoms with E-state index in [0.29, 0.717) is 0 Å². The van der Waals surface area contributed by atoms with Crippen LogP contribution in [0.4, 0.5) is 5.69 Å². The van der Waals surface area contributed by atoms with Crippen molar-refractivity contribution in [3.8, 4) is 0 Å². The van der Waals surface area contributed by atoms with Gasteiger partial charge in [-0.2, -0.15) is 0 Å². The normalized spacial score (nSPS) is 11.1. The van der Waals surface area contributed by atoms with Gasteiger partial charge in [-0.1, -0.05) is 13.0 Å². The minimum atomic E-state index is 0.756. The summed E-state index contributed by atoms with van der Waals surface area (Å²) < 4.78 is 7.67. The van der Waals surface area contributed by atoms with Gasteiger partial charge in [0, 0.05) is 30.4 Å². The maximum atomic E-state index is 5.90. The summed E-state index contributed by atoms with van der Waals surface area (Å²) >= 11 is 0. The van der Waals surface area contributed by atoms with E-state index in [4.69, 9.17) is 10.5 Å². The SMILES string of the molecule is CCCOCCn1ccc2c(N)cccc21. The highest BCUT2D eigenvalue weighted by atomic mass is 16.5. The van der Waals surface area contributed by atoms with E-state index < -0.39 is 0 Å². The minimum absolute atomic E-state index is 0.756. The Kier molecular flexibility index (Phi) is 3.47. The number of ether oxygens (including phenoxy) is 1. The fourth-order valence-electron chi connectivity index (χ4n) is 1.85. The lowest BCUT2D eigenvalue weighted by Gasteiger charge is -2.06. The summed E-state index contributed by atoms with van der Waals surface area (Å²) in [5, 5.41) is 1.12. The van der Waals surface area contributed by atoms with Crippen LogP contribution >= 0.6 is 0 Å². The average molecular weight is 218 g/mol. The summed E-state index contributed by atoms with van der Waals surface area (Å²) in [6, 6.07) is 8.07.